The van der Waals surface area contributed by atoms with E-state index in [0.717, 1.165) is 16.1 Å². The SMILES string of the molecule is Brc1cccc2nnc(C3CCCS3)n12. The molecule has 1 atom stereocenters. The molecule has 3 heterocycles. The van der Waals surface area contributed by atoms with Gasteiger partial charge in [-0.25, -0.2) is 0 Å². The average molecular weight is 284 g/mol. The number of rotatable bonds is 1. The highest BCUT2D eigenvalue weighted by Crippen LogP contribution is 2.39. The van der Waals surface area contributed by atoms with Crippen molar-refractivity contribution >= 4 is 33.3 Å². The van der Waals surface area contributed by atoms with Crippen LogP contribution in [0.4, 0.5) is 0 Å². The summed E-state index contributed by atoms with van der Waals surface area (Å²) in [4.78, 5) is 0. The topological polar surface area (TPSA) is 30.2 Å². The van der Waals surface area contributed by atoms with Crippen molar-refractivity contribution < 1.29 is 0 Å². The van der Waals surface area contributed by atoms with Gasteiger partial charge in [-0.2, -0.15) is 11.8 Å². The summed E-state index contributed by atoms with van der Waals surface area (Å²) in [5, 5.41) is 9.01. The zero-order valence-corrected chi connectivity index (χ0v) is 10.5. The highest BCUT2D eigenvalue weighted by molar-refractivity contribution is 9.10. The lowest BCUT2D eigenvalue weighted by molar-refractivity contribution is 0.763. The lowest BCUT2D eigenvalue weighted by Crippen LogP contribution is -1.98. The van der Waals surface area contributed by atoms with E-state index in [2.05, 4.69) is 30.5 Å². The molecule has 2 aromatic heterocycles. The summed E-state index contributed by atoms with van der Waals surface area (Å²) in [6.07, 6.45) is 2.50. The fourth-order valence-corrected chi connectivity index (χ4v) is 3.68. The second kappa shape index (κ2) is 3.79. The van der Waals surface area contributed by atoms with Crippen LogP contribution in [0, 0.1) is 0 Å². The average Bonchev–Trinajstić information content (AvgIpc) is 2.85. The highest BCUT2D eigenvalue weighted by atomic mass is 79.9. The number of hydrogen-bond donors (Lipinski definition) is 0. The third kappa shape index (κ3) is 1.58. The van der Waals surface area contributed by atoms with Gasteiger partial charge in [0.2, 0.25) is 0 Å². The van der Waals surface area contributed by atoms with Gasteiger partial charge in [-0.1, -0.05) is 6.07 Å². The van der Waals surface area contributed by atoms with Gasteiger partial charge in [-0.3, -0.25) is 4.40 Å². The molecule has 78 valence electrons. The molecule has 0 spiro atoms. The maximum atomic E-state index is 4.30. The molecule has 3 nitrogen and oxygen atoms in total. The lowest BCUT2D eigenvalue weighted by atomic mass is 10.2. The van der Waals surface area contributed by atoms with Gasteiger partial charge in [0, 0.05) is 0 Å². The van der Waals surface area contributed by atoms with Crippen molar-refractivity contribution in [3.63, 3.8) is 0 Å². The molecule has 1 aliphatic rings. The molecule has 1 unspecified atom stereocenters. The zero-order chi connectivity index (χ0) is 10.3. The summed E-state index contributed by atoms with van der Waals surface area (Å²) in [6, 6.07) is 6.00. The van der Waals surface area contributed by atoms with Crippen LogP contribution in [0.1, 0.15) is 23.9 Å². The molecule has 15 heavy (non-hydrogen) atoms. The van der Waals surface area contributed by atoms with Crippen molar-refractivity contribution in [2.45, 2.75) is 18.1 Å². The van der Waals surface area contributed by atoms with Crippen molar-refractivity contribution in [2.75, 3.05) is 5.75 Å². The maximum Gasteiger partial charge on any atom is 0.161 e. The number of pyridine rings is 1. The summed E-state index contributed by atoms with van der Waals surface area (Å²) in [5.41, 5.74) is 0.923. The normalized spacial score (nSPS) is 21.3. The molecule has 2 aromatic rings. The molecule has 0 amide bonds. The molecule has 1 fully saturated rings. The number of halogens is 1. The second-order valence-electron chi connectivity index (χ2n) is 3.60. The van der Waals surface area contributed by atoms with Gasteiger partial charge in [0.1, 0.15) is 0 Å². The third-order valence-electron chi connectivity index (χ3n) is 2.62. The standard InChI is InChI=1S/C10H10BrN3S/c11-8-4-1-5-9-12-13-10(14(8)9)7-3-2-6-15-7/h1,4-5,7H,2-3,6H2. The summed E-state index contributed by atoms with van der Waals surface area (Å²) >= 11 is 5.53. The van der Waals surface area contributed by atoms with Gasteiger partial charge in [-0.15, -0.1) is 10.2 Å². The minimum absolute atomic E-state index is 0.513. The smallest absolute Gasteiger partial charge is 0.161 e. The second-order valence-corrected chi connectivity index (χ2v) is 5.73. The third-order valence-corrected chi connectivity index (χ3v) is 4.62. The fourth-order valence-electron chi connectivity index (χ4n) is 1.91. The van der Waals surface area contributed by atoms with E-state index in [1.165, 1.54) is 18.6 Å². The van der Waals surface area contributed by atoms with E-state index in [1.54, 1.807) is 0 Å². The molecule has 0 aliphatic carbocycles. The molecule has 3 rings (SSSR count). The summed E-state index contributed by atoms with van der Waals surface area (Å²) in [7, 11) is 0. The quantitative estimate of drug-likeness (QED) is 0.754. The van der Waals surface area contributed by atoms with Gasteiger partial charge in [0.05, 0.1) is 9.85 Å². The Labute approximate surface area is 100 Å². The van der Waals surface area contributed by atoms with Crippen molar-refractivity contribution in [3.8, 4) is 0 Å². The minimum atomic E-state index is 0.513. The molecule has 1 aliphatic heterocycles. The first kappa shape index (κ1) is 9.66. The Morgan fingerprint density at radius 1 is 1.40 bits per heavy atom. The number of aromatic nitrogens is 3. The van der Waals surface area contributed by atoms with Crippen LogP contribution in [-0.4, -0.2) is 20.4 Å². The van der Waals surface area contributed by atoms with E-state index in [1.807, 2.05) is 30.0 Å². The first-order valence-corrected chi connectivity index (χ1v) is 6.81. The van der Waals surface area contributed by atoms with E-state index in [0.29, 0.717) is 5.25 Å². The van der Waals surface area contributed by atoms with Gasteiger partial charge in [0.15, 0.2) is 11.5 Å². The maximum absolute atomic E-state index is 4.30. The molecule has 5 heteroatoms. The van der Waals surface area contributed by atoms with E-state index in [9.17, 15) is 0 Å². The zero-order valence-electron chi connectivity index (χ0n) is 8.06. The predicted octanol–water partition coefficient (Wildman–Crippen LogP) is 3.06. The minimum Gasteiger partial charge on any atom is -0.272 e. The van der Waals surface area contributed by atoms with Crippen molar-refractivity contribution in [1.82, 2.24) is 14.6 Å². The summed E-state index contributed by atoms with van der Waals surface area (Å²) in [5.74, 6) is 2.32. The Hall–Kier alpha value is -0.550. The predicted molar refractivity (Wildman–Crippen MR) is 65.1 cm³/mol. The van der Waals surface area contributed by atoms with Crippen molar-refractivity contribution in [1.29, 1.82) is 0 Å². The lowest BCUT2D eigenvalue weighted by Gasteiger charge is -2.07. The van der Waals surface area contributed by atoms with Gasteiger partial charge < -0.3 is 0 Å². The number of hydrogen-bond acceptors (Lipinski definition) is 3. The van der Waals surface area contributed by atoms with Crippen LogP contribution in [0.5, 0.6) is 0 Å². The Morgan fingerprint density at radius 3 is 3.13 bits per heavy atom. The Morgan fingerprint density at radius 2 is 2.33 bits per heavy atom. The van der Waals surface area contributed by atoms with Crippen LogP contribution in [-0.2, 0) is 0 Å². The van der Waals surface area contributed by atoms with Gasteiger partial charge >= 0.3 is 0 Å². The molecule has 0 bridgehead atoms. The Kier molecular flexibility index (Phi) is 2.44. The van der Waals surface area contributed by atoms with E-state index < -0.39 is 0 Å². The first-order valence-electron chi connectivity index (χ1n) is 4.97. The monoisotopic (exact) mass is 283 g/mol. The van der Waals surface area contributed by atoms with E-state index in [4.69, 9.17) is 0 Å². The first-order chi connectivity index (χ1) is 7.36. The molecule has 0 N–H and O–H groups in total. The molecule has 0 radical (unpaired) electrons. The highest BCUT2D eigenvalue weighted by Gasteiger charge is 2.23. The molecular formula is C10H10BrN3S. The van der Waals surface area contributed by atoms with Gasteiger partial charge in [-0.05, 0) is 46.7 Å². The van der Waals surface area contributed by atoms with Crippen LogP contribution in [0.15, 0.2) is 22.8 Å². The molecular weight excluding hydrogens is 274 g/mol. The molecule has 0 saturated carbocycles. The van der Waals surface area contributed by atoms with Crippen LogP contribution in [0.25, 0.3) is 5.65 Å². The van der Waals surface area contributed by atoms with Crippen LogP contribution >= 0.6 is 27.7 Å². The van der Waals surface area contributed by atoms with Crippen molar-refractivity contribution in [2.24, 2.45) is 0 Å². The van der Waals surface area contributed by atoms with E-state index >= 15 is 0 Å². The summed E-state index contributed by atoms with van der Waals surface area (Å²) < 4.78 is 3.13. The van der Waals surface area contributed by atoms with Crippen molar-refractivity contribution in [3.05, 3.63) is 28.6 Å². The summed E-state index contributed by atoms with van der Waals surface area (Å²) in [6.45, 7) is 0. The molecule has 0 aromatic carbocycles. The fraction of sp³-hybridized carbons (Fsp3) is 0.400. The largest absolute Gasteiger partial charge is 0.272 e. The number of nitrogens with zero attached hydrogens (tertiary/aromatic N) is 3. The van der Waals surface area contributed by atoms with Gasteiger partial charge in [0.25, 0.3) is 0 Å². The number of fused-ring (bicyclic) bond motifs is 1. The van der Waals surface area contributed by atoms with Crippen LogP contribution in [0.3, 0.4) is 0 Å². The van der Waals surface area contributed by atoms with Crippen LogP contribution < -0.4 is 0 Å². The molecule has 1 saturated heterocycles. The van der Waals surface area contributed by atoms with Crippen LogP contribution in [0.2, 0.25) is 0 Å². The Bertz CT molecular complexity index is 490. The number of thioether (sulfide) groups is 1. The Balaban J connectivity index is 2.18. The van der Waals surface area contributed by atoms with E-state index in [-0.39, 0.29) is 0 Å².